The Hall–Kier alpha value is -2.37. The first kappa shape index (κ1) is 15.0. The van der Waals surface area contributed by atoms with Crippen molar-refractivity contribution in [1.29, 1.82) is 0 Å². The molecule has 0 saturated carbocycles. The van der Waals surface area contributed by atoms with Gasteiger partial charge in [-0.2, -0.15) is 0 Å². The van der Waals surface area contributed by atoms with Gasteiger partial charge in [0.25, 0.3) is 0 Å². The fourth-order valence-electron chi connectivity index (χ4n) is 1.96. The van der Waals surface area contributed by atoms with Crippen LogP contribution in [0.1, 0.15) is 5.56 Å². The molecule has 0 bridgehead atoms. The smallest absolute Gasteiger partial charge is 0.208 e. The number of hydrogen-bond donors (Lipinski definition) is 3. The highest BCUT2D eigenvalue weighted by atomic mass is 15.5. The zero-order chi connectivity index (χ0) is 15.2. The molecule has 0 fully saturated rings. The number of nitrogens with two attached hydrogens (primary N) is 2. The minimum absolute atomic E-state index is 0.311. The second-order valence-corrected chi connectivity index (χ2v) is 4.91. The van der Waals surface area contributed by atoms with E-state index in [1.807, 2.05) is 24.3 Å². The number of nitrogens with zero attached hydrogens (tertiary/aromatic N) is 2. The molecule has 0 radical (unpaired) electrons. The maximum atomic E-state index is 5.79. The molecule has 5 nitrogen and oxygen atoms in total. The van der Waals surface area contributed by atoms with E-state index in [0.717, 1.165) is 11.3 Å². The Morgan fingerprint density at radius 2 is 1.86 bits per heavy atom. The first-order chi connectivity index (χ1) is 10.1. The fourth-order valence-corrected chi connectivity index (χ4v) is 1.96. The van der Waals surface area contributed by atoms with Gasteiger partial charge < -0.3 is 11.5 Å². The average Bonchev–Trinajstić information content (AvgIpc) is 2.47. The van der Waals surface area contributed by atoms with E-state index in [9.17, 15) is 0 Å². The van der Waals surface area contributed by atoms with Gasteiger partial charge in [0.2, 0.25) is 5.96 Å². The average molecular weight is 283 g/mol. The molecule has 2 aromatic carbocycles. The summed E-state index contributed by atoms with van der Waals surface area (Å²) in [7, 11) is 1.79. The van der Waals surface area contributed by atoms with E-state index >= 15 is 0 Å². The van der Waals surface area contributed by atoms with E-state index in [2.05, 4.69) is 41.6 Å². The van der Waals surface area contributed by atoms with Gasteiger partial charge in [-0.25, -0.2) is 10.0 Å². The quantitative estimate of drug-likeness (QED) is 0.347. The molecule has 21 heavy (non-hydrogen) atoms. The van der Waals surface area contributed by atoms with Gasteiger partial charge in [0.05, 0.1) is 12.4 Å². The molecule has 0 unspecified atom stereocenters. The second-order valence-electron chi connectivity index (χ2n) is 4.91. The Labute approximate surface area is 125 Å². The molecule has 5 N–H and O–H groups in total. The van der Waals surface area contributed by atoms with E-state index in [1.165, 1.54) is 11.1 Å². The Morgan fingerprint density at radius 1 is 1.14 bits per heavy atom. The van der Waals surface area contributed by atoms with Crippen LogP contribution in [0.5, 0.6) is 0 Å². The number of aryl methyl sites for hydroxylation is 1. The third-order valence-corrected chi connectivity index (χ3v) is 3.05. The number of aliphatic imine (C=N–C) groups is 1. The molecular formula is C16H21N5. The Bertz CT molecular complexity index is 619. The summed E-state index contributed by atoms with van der Waals surface area (Å²) in [5, 5.41) is 1.65. The lowest BCUT2D eigenvalue weighted by atomic mass is 10.0. The van der Waals surface area contributed by atoms with Crippen LogP contribution in [0.3, 0.4) is 0 Å². The van der Waals surface area contributed by atoms with Crippen LogP contribution in [-0.4, -0.2) is 24.7 Å². The number of guanidine groups is 1. The van der Waals surface area contributed by atoms with Crippen LogP contribution in [-0.2, 0) is 0 Å². The van der Waals surface area contributed by atoms with Gasteiger partial charge in [0.15, 0.2) is 0 Å². The van der Waals surface area contributed by atoms with Crippen LogP contribution in [0.25, 0.3) is 11.1 Å². The van der Waals surface area contributed by atoms with Crippen molar-refractivity contribution >= 4 is 11.6 Å². The monoisotopic (exact) mass is 283 g/mol. The van der Waals surface area contributed by atoms with Gasteiger partial charge >= 0.3 is 0 Å². The second kappa shape index (κ2) is 6.88. The Balaban J connectivity index is 2.14. The molecule has 2 aromatic rings. The highest BCUT2D eigenvalue weighted by molar-refractivity contribution is 5.80. The molecule has 5 heteroatoms. The van der Waals surface area contributed by atoms with E-state index in [0.29, 0.717) is 12.6 Å². The molecule has 0 heterocycles. The van der Waals surface area contributed by atoms with Crippen molar-refractivity contribution in [3.63, 3.8) is 0 Å². The maximum absolute atomic E-state index is 5.79. The molecule has 0 saturated heterocycles. The van der Waals surface area contributed by atoms with Crippen molar-refractivity contribution in [2.45, 2.75) is 6.92 Å². The fraction of sp³-hybridized carbons (Fsp3) is 0.188. The number of nitrogens with one attached hydrogen (secondary N) is 1. The van der Waals surface area contributed by atoms with Crippen LogP contribution in [0.2, 0.25) is 0 Å². The summed E-state index contributed by atoms with van der Waals surface area (Å²) in [6.45, 7) is 2.44. The zero-order valence-electron chi connectivity index (χ0n) is 12.4. The van der Waals surface area contributed by atoms with Crippen LogP contribution in [0.4, 0.5) is 5.69 Å². The van der Waals surface area contributed by atoms with E-state index in [1.54, 1.807) is 12.1 Å². The third kappa shape index (κ3) is 4.30. The topological polar surface area (TPSA) is 79.7 Å². The predicted octanol–water partition coefficient (Wildman–Crippen LogP) is 1.96. The number of hydrazine groups is 1. The molecule has 0 aliphatic heterocycles. The Morgan fingerprint density at radius 3 is 2.48 bits per heavy atom. The van der Waals surface area contributed by atoms with E-state index in [-0.39, 0.29) is 0 Å². The summed E-state index contributed by atoms with van der Waals surface area (Å²) in [4.78, 5) is 4.29. The van der Waals surface area contributed by atoms with Crippen LogP contribution in [0, 0.1) is 6.92 Å². The molecule has 0 amide bonds. The van der Waals surface area contributed by atoms with E-state index < -0.39 is 0 Å². The number of hydrogen-bond acceptors (Lipinski definition) is 3. The van der Waals surface area contributed by atoms with Crippen LogP contribution in [0.15, 0.2) is 53.5 Å². The molecular weight excluding hydrogens is 262 g/mol. The van der Waals surface area contributed by atoms with Crippen molar-refractivity contribution in [1.82, 2.24) is 10.4 Å². The standard InChI is InChI=1S/C16H21N5/c1-12-4-3-5-14(10-12)13-6-8-15(9-7-13)19-16(18)20-21(2)11-17/h3-10H,11,17H2,1-2H3,(H3,18,19,20). The third-order valence-electron chi connectivity index (χ3n) is 3.05. The molecule has 0 atom stereocenters. The minimum atomic E-state index is 0.311. The zero-order valence-corrected chi connectivity index (χ0v) is 12.4. The lowest BCUT2D eigenvalue weighted by molar-refractivity contribution is 0.300. The van der Waals surface area contributed by atoms with Gasteiger partial charge in [0.1, 0.15) is 0 Å². The lowest BCUT2D eigenvalue weighted by Crippen LogP contribution is -2.46. The van der Waals surface area contributed by atoms with E-state index in [4.69, 9.17) is 11.5 Å². The summed E-state index contributed by atoms with van der Waals surface area (Å²) in [5.41, 5.74) is 18.5. The summed E-state index contributed by atoms with van der Waals surface area (Å²) in [5.74, 6) is 0.311. The van der Waals surface area contributed by atoms with Crippen molar-refractivity contribution in [3.05, 3.63) is 54.1 Å². The lowest BCUT2D eigenvalue weighted by Gasteiger charge is -2.15. The molecule has 0 spiro atoms. The van der Waals surface area contributed by atoms with Crippen LogP contribution < -0.4 is 16.9 Å². The maximum Gasteiger partial charge on any atom is 0.208 e. The van der Waals surface area contributed by atoms with Gasteiger partial charge in [0, 0.05) is 7.05 Å². The number of rotatable bonds is 4. The predicted molar refractivity (Wildman–Crippen MR) is 87.9 cm³/mol. The largest absolute Gasteiger partial charge is 0.369 e. The summed E-state index contributed by atoms with van der Waals surface area (Å²) in [6.07, 6.45) is 0. The number of benzene rings is 2. The molecule has 110 valence electrons. The highest BCUT2D eigenvalue weighted by Crippen LogP contribution is 2.23. The van der Waals surface area contributed by atoms with Gasteiger partial charge in [-0.3, -0.25) is 5.43 Å². The van der Waals surface area contributed by atoms with Gasteiger partial charge in [-0.05, 0) is 30.2 Å². The Kier molecular flexibility index (Phi) is 4.92. The van der Waals surface area contributed by atoms with Crippen molar-refractivity contribution in [2.75, 3.05) is 13.7 Å². The minimum Gasteiger partial charge on any atom is -0.369 e. The van der Waals surface area contributed by atoms with Crippen molar-refractivity contribution < 1.29 is 0 Å². The normalized spacial score (nSPS) is 11.7. The highest BCUT2D eigenvalue weighted by Gasteiger charge is 2.00. The van der Waals surface area contributed by atoms with Gasteiger partial charge in [-0.15, -0.1) is 0 Å². The van der Waals surface area contributed by atoms with Gasteiger partial charge in [-0.1, -0.05) is 42.0 Å². The summed E-state index contributed by atoms with van der Waals surface area (Å²) < 4.78 is 0. The van der Waals surface area contributed by atoms with Crippen LogP contribution >= 0.6 is 0 Å². The summed E-state index contributed by atoms with van der Waals surface area (Å²) >= 11 is 0. The molecule has 2 rings (SSSR count). The van der Waals surface area contributed by atoms with Crippen molar-refractivity contribution in [3.8, 4) is 11.1 Å². The SMILES string of the molecule is Cc1cccc(-c2ccc(N=C(N)NN(C)CN)cc2)c1. The first-order valence-corrected chi connectivity index (χ1v) is 6.77. The molecule has 0 aliphatic rings. The molecule has 0 aromatic heterocycles. The van der Waals surface area contributed by atoms with Crippen molar-refractivity contribution in [2.24, 2.45) is 16.5 Å². The first-order valence-electron chi connectivity index (χ1n) is 6.77. The molecule has 0 aliphatic carbocycles. The summed E-state index contributed by atoms with van der Waals surface area (Å²) in [6, 6.07) is 16.3.